The molecule has 0 unspecified atom stereocenters. The summed E-state index contributed by atoms with van der Waals surface area (Å²) >= 11 is 0. The van der Waals surface area contributed by atoms with Crippen LogP contribution in [0.4, 0.5) is 0 Å². The normalized spacial score (nSPS) is 23.3. The minimum absolute atomic E-state index is 0.0666. The molecule has 8 heteroatoms. The molecule has 0 spiro atoms. The van der Waals surface area contributed by atoms with E-state index >= 15 is 0 Å². The number of carbonyl (C=O) groups is 2. The van der Waals surface area contributed by atoms with E-state index in [2.05, 4.69) is 92.0 Å². The standard InChI is InChI=1S/C46H72O6Si2/c1-45(2,3)53(7,8)51-37-25-21-35(22-26-37)39-41(43(47)49-31-29-33-17-13-11-14-18-33)40(42(39)44(48)50-32-30-34-19-15-12-16-20-34)36-23-27-38(28-24-36)52-54(9,10)46(4,5)6/h21-28,33-34,39-42H,11-20,29-32H2,1-10H3. The molecule has 3 fully saturated rings. The van der Waals surface area contributed by atoms with Gasteiger partial charge in [-0.2, -0.15) is 0 Å². The van der Waals surface area contributed by atoms with Gasteiger partial charge >= 0.3 is 11.9 Å². The van der Waals surface area contributed by atoms with Crippen LogP contribution in [0.3, 0.4) is 0 Å². The highest BCUT2D eigenvalue weighted by Crippen LogP contribution is 2.59. The molecule has 0 saturated heterocycles. The zero-order valence-electron chi connectivity index (χ0n) is 35.4. The highest BCUT2D eigenvalue weighted by atomic mass is 28.4. The molecule has 0 N–H and O–H groups in total. The third-order valence-electron chi connectivity index (χ3n) is 14.0. The second-order valence-corrected chi connectivity index (χ2v) is 29.3. The van der Waals surface area contributed by atoms with Crippen molar-refractivity contribution in [2.75, 3.05) is 13.2 Å². The second-order valence-electron chi connectivity index (χ2n) is 19.9. The second kappa shape index (κ2) is 17.7. The smallest absolute Gasteiger partial charge is 0.310 e. The van der Waals surface area contributed by atoms with Gasteiger partial charge in [-0.15, -0.1) is 0 Å². The lowest BCUT2D eigenvalue weighted by molar-refractivity contribution is -0.168. The number of benzene rings is 2. The quantitative estimate of drug-likeness (QED) is 0.141. The van der Waals surface area contributed by atoms with Gasteiger partial charge in [0.2, 0.25) is 16.6 Å². The molecular weight excluding hydrogens is 705 g/mol. The summed E-state index contributed by atoms with van der Waals surface area (Å²) in [7, 11) is -4.10. The summed E-state index contributed by atoms with van der Waals surface area (Å²) in [4.78, 5) is 28.7. The van der Waals surface area contributed by atoms with Gasteiger partial charge < -0.3 is 18.3 Å². The first kappa shape index (κ1) is 42.6. The van der Waals surface area contributed by atoms with Crippen LogP contribution in [0, 0.1) is 23.7 Å². The molecule has 3 saturated carbocycles. The maximum atomic E-state index is 14.3. The molecule has 0 radical (unpaired) electrons. The predicted octanol–water partition coefficient (Wildman–Crippen LogP) is 12.6. The maximum Gasteiger partial charge on any atom is 0.310 e. The van der Waals surface area contributed by atoms with E-state index in [-0.39, 0.29) is 33.9 Å². The predicted molar refractivity (Wildman–Crippen MR) is 225 cm³/mol. The largest absolute Gasteiger partial charge is 0.544 e. The summed E-state index contributed by atoms with van der Waals surface area (Å²) in [6.07, 6.45) is 14.3. The first-order chi connectivity index (χ1) is 25.4. The van der Waals surface area contributed by atoms with Crippen LogP contribution < -0.4 is 8.85 Å². The molecule has 6 nitrogen and oxygen atoms in total. The highest BCUT2D eigenvalue weighted by Gasteiger charge is 2.59. The number of hydrogen-bond donors (Lipinski definition) is 0. The van der Waals surface area contributed by atoms with Crippen LogP contribution in [-0.4, -0.2) is 41.8 Å². The molecule has 0 heterocycles. The molecule has 3 aliphatic rings. The van der Waals surface area contributed by atoms with E-state index in [0.29, 0.717) is 25.0 Å². The van der Waals surface area contributed by atoms with E-state index in [1.807, 2.05) is 24.3 Å². The van der Waals surface area contributed by atoms with E-state index in [4.69, 9.17) is 18.3 Å². The fourth-order valence-corrected chi connectivity index (χ4v) is 10.4. The number of esters is 2. The molecule has 0 atom stereocenters. The summed E-state index contributed by atoms with van der Waals surface area (Å²) in [6.45, 7) is 23.3. The van der Waals surface area contributed by atoms with Gasteiger partial charge in [0, 0.05) is 11.8 Å². The molecule has 0 aliphatic heterocycles. The Hall–Kier alpha value is -2.59. The third kappa shape index (κ3) is 10.4. The van der Waals surface area contributed by atoms with E-state index in [0.717, 1.165) is 35.5 Å². The van der Waals surface area contributed by atoms with Crippen molar-refractivity contribution in [2.45, 2.75) is 167 Å². The van der Waals surface area contributed by atoms with Gasteiger partial charge in [-0.05, 0) is 96.3 Å². The van der Waals surface area contributed by atoms with Crippen LogP contribution in [-0.2, 0) is 19.1 Å². The lowest BCUT2D eigenvalue weighted by atomic mass is 9.52. The summed E-state index contributed by atoms with van der Waals surface area (Å²) in [6, 6.07) is 16.3. The van der Waals surface area contributed by atoms with Crippen molar-refractivity contribution in [2.24, 2.45) is 23.7 Å². The molecule has 3 aliphatic carbocycles. The van der Waals surface area contributed by atoms with Gasteiger partial charge in [0.25, 0.3) is 0 Å². The van der Waals surface area contributed by atoms with E-state index in [1.54, 1.807) is 0 Å². The van der Waals surface area contributed by atoms with Crippen molar-refractivity contribution < 1.29 is 27.9 Å². The average Bonchev–Trinajstić information content (AvgIpc) is 3.09. The van der Waals surface area contributed by atoms with Crippen LogP contribution in [0.15, 0.2) is 48.5 Å². The molecule has 2 aromatic carbocycles. The molecule has 0 bridgehead atoms. The van der Waals surface area contributed by atoms with Crippen LogP contribution >= 0.6 is 0 Å². The fraction of sp³-hybridized carbons (Fsp3) is 0.696. The van der Waals surface area contributed by atoms with Gasteiger partial charge in [0.05, 0.1) is 25.0 Å². The Morgan fingerprint density at radius 2 is 0.852 bits per heavy atom. The minimum Gasteiger partial charge on any atom is -0.544 e. The fourth-order valence-electron chi connectivity index (χ4n) is 8.37. The molecule has 0 amide bonds. The van der Waals surface area contributed by atoms with E-state index in [1.165, 1.54) is 64.2 Å². The molecule has 300 valence electrons. The lowest BCUT2D eigenvalue weighted by Crippen LogP contribution is -2.52. The van der Waals surface area contributed by atoms with Gasteiger partial charge in [-0.25, -0.2) is 0 Å². The molecule has 0 aromatic heterocycles. The van der Waals surface area contributed by atoms with Gasteiger partial charge in [0.15, 0.2) is 0 Å². The third-order valence-corrected chi connectivity index (χ3v) is 22.7. The van der Waals surface area contributed by atoms with Crippen molar-refractivity contribution >= 4 is 28.6 Å². The van der Waals surface area contributed by atoms with Crippen molar-refractivity contribution in [3.8, 4) is 11.5 Å². The molecule has 54 heavy (non-hydrogen) atoms. The summed E-state index contributed by atoms with van der Waals surface area (Å²) < 4.78 is 25.6. The van der Waals surface area contributed by atoms with Crippen LogP contribution in [0.5, 0.6) is 11.5 Å². The van der Waals surface area contributed by atoms with Crippen molar-refractivity contribution in [1.29, 1.82) is 0 Å². The van der Waals surface area contributed by atoms with E-state index < -0.39 is 28.5 Å². The Labute approximate surface area is 330 Å². The molecular formula is C46H72O6Si2. The number of rotatable bonds is 14. The summed E-state index contributed by atoms with van der Waals surface area (Å²) in [5, 5.41) is 0.133. The van der Waals surface area contributed by atoms with Crippen LogP contribution in [0.2, 0.25) is 36.3 Å². The van der Waals surface area contributed by atoms with Crippen LogP contribution in [0.1, 0.15) is 142 Å². The average molecular weight is 777 g/mol. The Morgan fingerprint density at radius 3 is 1.15 bits per heavy atom. The first-order valence-corrected chi connectivity index (χ1v) is 27.1. The van der Waals surface area contributed by atoms with Crippen molar-refractivity contribution in [1.82, 2.24) is 0 Å². The van der Waals surface area contributed by atoms with Crippen molar-refractivity contribution in [3.63, 3.8) is 0 Å². The highest BCUT2D eigenvalue weighted by molar-refractivity contribution is 6.75. The molecule has 5 rings (SSSR count). The SMILES string of the molecule is CC(C)(C)[Si](C)(C)Oc1ccc(C2C(C(=O)OCCC3CCCCC3)C(c3ccc(O[Si](C)(C)C(C)(C)C)cc3)C2C(=O)OCCC2CCCCC2)cc1. The monoisotopic (exact) mass is 776 g/mol. The lowest BCUT2D eigenvalue weighted by Gasteiger charge is -2.49. The summed E-state index contributed by atoms with van der Waals surface area (Å²) in [5.74, 6) is 0.743. The topological polar surface area (TPSA) is 71.1 Å². The van der Waals surface area contributed by atoms with Crippen LogP contribution in [0.25, 0.3) is 0 Å². The van der Waals surface area contributed by atoms with Gasteiger partial charge in [-0.3, -0.25) is 9.59 Å². The Kier molecular flexibility index (Phi) is 13.9. The Morgan fingerprint density at radius 1 is 0.537 bits per heavy atom. The zero-order chi connectivity index (χ0) is 39.3. The van der Waals surface area contributed by atoms with Gasteiger partial charge in [0.1, 0.15) is 11.5 Å². The van der Waals surface area contributed by atoms with Gasteiger partial charge in [-0.1, -0.05) is 130 Å². The first-order valence-electron chi connectivity index (χ1n) is 21.3. The number of hydrogen-bond acceptors (Lipinski definition) is 6. The Bertz CT molecular complexity index is 1380. The van der Waals surface area contributed by atoms with Crippen molar-refractivity contribution in [3.05, 3.63) is 59.7 Å². The Balaban J connectivity index is 1.44. The van der Waals surface area contributed by atoms with E-state index in [9.17, 15) is 9.59 Å². The number of ether oxygens (including phenoxy) is 2. The number of carbonyl (C=O) groups excluding carboxylic acids is 2. The minimum atomic E-state index is -2.05. The molecule has 2 aromatic rings. The summed E-state index contributed by atoms with van der Waals surface area (Å²) in [5.41, 5.74) is 1.91. The maximum absolute atomic E-state index is 14.3. The zero-order valence-corrected chi connectivity index (χ0v) is 37.4.